The van der Waals surface area contributed by atoms with Crippen LogP contribution < -0.4 is 4.74 Å². The summed E-state index contributed by atoms with van der Waals surface area (Å²) in [6.45, 7) is 2.50. The van der Waals surface area contributed by atoms with Crippen LogP contribution >= 0.6 is 15.9 Å². The molecule has 1 aromatic rings. The average molecular weight is 296 g/mol. The van der Waals surface area contributed by atoms with Gasteiger partial charge in [-0.15, -0.1) is 0 Å². The molecule has 1 unspecified atom stereocenters. The average Bonchev–Trinajstić information content (AvgIpc) is 3.11. The van der Waals surface area contributed by atoms with E-state index in [0.717, 1.165) is 28.6 Å². The summed E-state index contributed by atoms with van der Waals surface area (Å²) < 4.78 is 6.75. The van der Waals surface area contributed by atoms with Crippen molar-refractivity contribution in [1.29, 1.82) is 0 Å². The second kappa shape index (κ2) is 4.02. The van der Waals surface area contributed by atoms with Crippen molar-refractivity contribution < 1.29 is 9.53 Å². The van der Waals surface area contributed by atoms with E-state index in [1.807, 2.05) is 30.0 Å². The van der Waals surface area contributed by atoms with Crippen molar-refractivity contribution >= 4 is 21.8 Å². The first-order valence-electron chi connectivity index (χ1n) is 5.91. The van der Waals surface area contributed by atoms with Crippen LogP contribution in [0.3, 0.4) is 0 Å². The molecule has 0 radical (unpaired) electrons. The van der Waals surface area contributed by atoms with Crippen LogP contribution in [0.1, 0.15) is 25.3 Å². The zero-order chi connectivity index (χ0) is 12.0. The fourth-order valence-corrected chi connectivity index (χ4v) is 2.63. The zero-order valence-corrected chi connectivity index (χ0v) is 11.2. The molecule has 0 saturated heterocycles. The summed E-state index contributed by atoms with van der Waals surface area (Å²) in [5, 5.41) is 0. The van der Waals surface area contributed by atoms with Crippen molar-refractivity contribution in [2.45, 2.75) is 38.5 Å². The van der Waals surface area contributed by atoms with Gasteiger partial charge in [-0.1, -0.05) is 15.9 Å². The summed E-state index contributed by atoms with van der Waals surface area (Å²) in [4.78, 5) is 14.1. The molecule has 0 bridgehead atoms. The fraction of sp³-hybridized carbons (Fsp3) is 0.462. The number of amides is 1. The first-order valence-corrected chi connectivity index (χ1v) is 6.70. The second-order valence-electron chi connectivity index (χ2n) is 4.71. The van der Waals surface area contributed by atoms with E-state index in [1.165, 1.54) is 0 Å². The van der Waals surface area contributed by atoms with Gasteiger partial charge in [0.15, 0.2) is 6.10 Å². The number of fused-ring (bicyclic) bond motifs is 1. The third kappa shape index (κ3) is 2.06. The standard InChI is InChI=1S/C13H14BrNO2/c1-8-13(16)15(11-3-4-11)7-9-6-10(14)2-5-12(9)17-8/h2,5-6,8,11H,3-4,7H2,1H3. The number of carbonyl (C=O) groups is 1. The molecule has 0 N–H and O–H groups in total. The van der Waals surface area contributed by atoms with Gasteiger partial charge in [-0.2, -0.15) is 0 Å². The Morgan fingerprint density at radius 2 is 2.18 bits per heavy atom. The van der Waals surface area contributed by atoms with Crippen LogP contribution in [0.5, 0.6) is 5.75 Å². The number of benzene rings is 1. The quantitative estimate of drug-likeness (QED) is 0.797. The molecule has 1 heterocycles. The molecule has 1 fully saturated rings. The number of carbonyl (C=O) groups excluding carboxylic acids is 1. The number of hydrogen-bond acceptors (Lipinski definition) is 2. The molecule has 1 aliphatic heterocycles. The van der Waals surface area contributed by atoms with Crippen LogP contribution in [0.15, 0.2) is 22.7 Å². The normalized spacial score (nSPS) is 24.0. The van der Waals surface area contributed by atoms with Crippen molar-refractivity contribution in [1.82, 2.24) is 4.90 Å². The molecule has 1 aromatic carbocycles. The molecule has 1 saturated carbocycles. The fourth-order valence-electron chi connectivity index (χ4n) is 2.22. The number of rotatable bonds is 1. The molecule has 90 valence electrons. The molecule has 3 rings (SSSR count). The van der Waals surface area contributed by atoms with Crippen LogP contribution in [0.2, 0.25) is 0 Å². The van der Waals surface area contributed by atoms with Gasteiger partial charge in [0.2, 0.25) is 0 Å². The second-order valence-corrected chi connectivity index (χ2v) is 5.63. The highest BCUT2D eigenvalue weighted by Gasteiger charge is 2.37. The first kappa shape index (κ1) is 11.1. The van der Waals surface area contributed by atoms with Crippen LogP contribution in [0, 0.1) is 0 Å². The Morgan fingerprint density at radius 3 is 2.88 bits per heavy atom. The van der Waals surface area contributed by atoms with Gasteiger partial charge < -0.3 is 9.64 Å². The minimum absolute atomic E-state index is 0.111. The van der Waals surface area contributed by atoms with Crippen molar-refractivity contribution in [2.24, 2.45) is 0 Å². The van der Waals surface area contributed by atoms with Crippen molar-refractivity contribution in [3.05, 3.63) is 28.2 Å². The Balaban J connectivity index is 1.99. The van der Waals surface area contributed by atoms with E-state index in [4.69, 9.17) is 4.74 Å². The van der Waals surface area contributed by atoms with Crippen LogP contribution in [0.25, 0.3) is 0 Å². The van der Waals surface area contributed by atoms with Crippen LogP contribution in [0.4, 0.5) is 0 Å². The molecule has 0 aromatic heterocycles. The summed E-state index contributed by atoms with van der Waals surface area (Å²) in [6.07, 6.45) is 1.88. The largest absolute Gasteiger partial charge is 0.481 e. The lowest BCUT2D eigenvalue weighted by atomic mass is 10.2. The third-order valence-corrected chi connectivity index (χ3v) is 3.78. The number of ether oxygens (including phenoxy) is 1. The zero-order valence-electron chi connectivity index (χ0n) is 9.65. The monoisotopic (exact) mass is 295 g/mol. The predicted octanol–water partition coefficient (Wildman–Crippen LogP) is 2.72. The van der Waals surface area contributed by atoms with E-state index in [2.05, 4.69) is 15.9 Å². The Bertz CT molecular complexity index is 470. The Labute approximate surface area is 109 Å². The molecule has 1 aliphatic carbocycles. The number of nitrogens with zero attached hydrogens (tertiary/aromatic N) is 1. The van der Waals surface area contributed by atoms with Crippen LogP contribution in [-0.4, -0.2) is 23.0 Å². The third-order valence-electron chi connectivity index (χ3n) is 3.29. The van der Waals surface area contributed by atoms with Crippen molar-refractivity contribution in [3.8, 4) is 5.75 Å². The smallest absolute Gasteiger partial charge is 0.263 e. The van der Waals surface area contributed by atoms with Gasteiger partial charge in [-0.25, -0.2) is 0 Å². The van der Waals surface area contributed by atoms with E-state index in [9.17, 15) is 4.79 Å². The molecule has 2 aliphatic rings. The maximum atomic E-state index is 12.2. The van der Waals surface area contributed by atoms with Gasteiger partial charge in [0.1, 0.15) is 5.75 Å². The predicted molar refractivity (Wildman–Crippen MR) is 67.8 cm³/mol. The molecular weight excluding hydrogens is 282 g/mol. The van der Waals surface area contributed by atoms with E-state index >= 15 is 0 Å². The van der Waals surface area contributed by atoms with E-state index in [1.54, 1.807) is 0 Å². The number of halogens is 1. The van der Waals surface area contributed by atoms with Gasteiger partial charge in [0.05, 0.1) is 0 Å². The maximum Gasteiger partial charge on any atom is 0.263 e. The first-order chi connectivity index (χ1) is 8.15. The molecule has 1 amide bonds. The Kier molecular flexibility index (Phi) is 2.62. The summed E-state index contributed by atoms with van der Waals surface area (Å²) >= 11 is 3.46. The minimum atomic E-state index is -0.377. The topological polar surface area (TPSA) is 29.5 Å². The highest BCUT2D eigenvalue weighted by Crippen LogP contribution is 2.34. The molecule has 17 heavy (non-hydrogen) atoms. The van der Waals surface area contributed by atoms with Crippen molar-refractivity contribution in [2.75, 3.05) is 0 Å². The molecule has 1 atom stereocenters. The SMILES string of the molecule is CC1Oc2ccc(Br)cc2CN(C2CC2)C1=O. The maximum absolute atomic E-state index is 12.2. The summed E-state index contributed by atoms with van der Waals surface area (Å²) in [5.41, 5.74) is 1.09. The minimum Gasteiger partial charge on any atom is -0.481 e. The molecule has 0 spiro atoms. The van der Waals surface area contributed by atoms with E-state index in [-0.39, 0.29) is 12.0 Å². The lowest BCUT2D eigenvalue weighted by Crippen LogP contribution is -2.39. The number of hydrogen-bond donors (Lipinski definition) is 0. The van der Waals surface area contributed by atoms with Crippen molar-refractivity contribution in [3.63, 3.8) is 0 Å². The molecular formula is C13H14BrNO2. The lowest BCUT2D eigenvalue weighted by molar-refractivity contribution is -0.138. The lowest BCUT2D eigenvalue weighted by Gasteiger charge is -2.21. The Hall–Kier alpha value is -1.03. The van der Waals surface area contributed by atoms with Gasteiger partial charge in [-0.3, -0.25) is 4.79 Å². The van der Waals surface area contributed by atoms with E-state index < -0.39 is 0 Å². The van der Waals surface area contributed by atoms with Gasteiger partial charge in [0.25, 0.3) is 5.91 Å². The van der Waals surface area contributed by atoms with Gasteiger partial charge >= 0.3 is 0 Å². The summed E-state index contributed by atoms with van der Waals surface area (Å²) in [7, 11) is 0. The molecule has 3 nitrogen and oxygen atoms in total. The summed E-state index contributed by atoms with van der Waals surface area (Å²) in [6, 6.07) is 6.34. The van der Waals surface area contributed by atoms with Crippen LogP contribution in [-0.2, 0) is 11.3 Å². The van der Waals surface area contributed by atoms with Gasteiger partial charge in [-0.05, 0) is 38.0 Å². The highest BCUT2D eigenvalue weighted by molar-refractivity contribution is 9.10. The Morgan fingerprint density at radius 1 is 1.41 bits per heavy atom. The van der Waals surface area contributed by atoms with E-state index in [0.29, 0.717) is 12.6 Å². The van der Waals surface area contributed by atoms with Gasteiger partial charge in [0, 0.05) is 22.6 Å². The highest BCUT2D eigenvalue weighted by atomic mass is 79.9. The molecule has 4 heteroatoms. The summed E-state index contributed by atoms with van der Waals surface area (Å²) in [5.74, 6) is 0.942.